The average Bonchev–Trinajstić information content (AvgIpc) is 2.62. The summed E-state index contributed by atoms with van der Waals surface area (Å²) in [7, 11) is 0. The van der Waals surface area contributed by atoms with Crippen LogP contribution in [0.5, 0.6) is 0 Å². The van der Waals surface area contributed by atoms with Crippen molar-refractivity contribution in [3.05, 3.63) is 60.2 Å². The highest BCUT2D eigenvalue weighted by atomic mass is 16.5. The van der Waals surface area contributed by atoms with Crippen LogP contribution in [0.1, 0.15) is 30.1 Å². The second kappa shape index (κ2) is 9.22. The Bertz CT molecular complexity index is 727. The molecule has 0 saturated heterocycles. The topological polar surface area (TPSA) is 84.5 Å². The van der Waals surface area contributed by atoms with Crippen LogP contribution in [0.15, 0.2) is 54.6 Å². The van der Waals surface area contributed by atoms with Crippen LogP contribution < -0.4 is 10.6 Å². The summed E-state index contributed by atoms with van der Waals surface area (Å²) in [5.41, 5.74) is 1.78. The molecule has 0 saturated carbocycles. The van der Waals surface area contributed by atoms with Crippen molar-refractivity contribution in [1.82, 2.24) is 0 Å². The lowest BCUT2D eigenvalue weighted by Gasteiger charge is -2.08. The van der Waals surface area contributed by atoms with Crippen LogP contribution in [0.25, 0.3) is 0 Å². The molecule has 0 fully saturated rings. The third-order valence-electron chi connectivity index (χ3n) is 3.32. The van der Waals surface area contributed by atoms with Crippen molar-refractivity contribution >= 4 is 29.2 Å². The molecule has 2 rings (SSSR count). The van der Waals surface area contributed by atoms with Gasteiger partial charge in [-0.1, -0.05) is 18.2 Å². The first-order valence-electron chi connectivity index (χ1n) is 8.00. The van der Waals surface area contributed by atoms with Gasteiger partial charge in [0, 0.05) is 23.4 Å². The number of hydrogen-bond acceptors (Lipinski definition) is 4. The number of carbonyl (C=O) groups is 3. The van der Waals surface area contributed by atoms with Gasteiger partial charge in [-0.3, -0.25) is 14.4 Å². The number of benzene rings is 2. The predicted octanol–water partition coefficient (Wildman–Crippen LogP) is 3.22. The predicted molar refractivity (Wildman–Crippen MR) is 95.3 cm³/mol. The molecule has 2 amide bonds. The number of carbonyl (C=O) groups excluding carboxylic acids is 3. The number of ether oxygens (including phenoxy) is 1. The van der Waals surface area contributed by atoms with Gasteiger partial charge in [-0.25, -0.2) is 0 Å². The van der Waals surface area contributed by atoms with Gasteiger partial charge < -0.3 is 15.4 Å². The van der Waals surface area contributed by atoms with E-state index in [1.54, 1.807) is 55.5 Å². The standard InChI is InChI=1S/C19H20N2O4/c1-2-25-18(23)13-12-17(22)20-15-8-10-16(11-9-15)21-19(24)14-6-4-3-5-7-14/h3-11H,2,12-13H2,1H3,(H,20,22)(H,21,24). The van der Waals surface area contributed by atoms with E-state index in [-0.39, 0.29) is 24.7 Å². The molecule has 0 spiro atoms. The number of hydrogen-bond donors (Lipinski definition) is 2. The number of anilines is 2. The van der Waals surface area contributed by atoms with Crippen LogP contribution in [0.2, 0.25) is 0 Å². The van der Waals surface area contributed by atoms with E-state index < -0.39 is 5.97 Å². The van der Waals surface area contributed by atoms with Gasteiger partial charge >= 0.3 is 5.97 Å². The molecule has 2 aromatic rings. The van der Waals surface area contributed by atoms with Crippen molar-refractivity contribution in [2.45, 2.75) is 19.8 Å². The summed E-state index contributed by atoms with van der Waals surface area (Å²) in [6, 6.07) is 15.7. The van der Waals surface area contributed by atoms with E-state index in [1.807, 2.05) is 6.07 Å². The van der Waals surface area contributed by atoms with Crippen molar-refractivity contribution in [2.24, 2.45) is 0 Å². The molecule has 2 aromatic carbocycles. The van der Waals surface area contributed by atoms with E-state index in [4.69, 9.17) is 4.74 Å². The van der Waals surface area contributed by atoms with Crippen molar-refractivity contribution < 1.29 is 19.1 Å². The first-order chi connectivity index (χ1) is 12.1. The lowest BCUT2D eigenvalue weighted by atomic mass is 10.2. The highest BCUT2D eigenvalue weighted by Crippen LogP contribution is 2.15. The molecular weight excluding hydrogens is 320 g/mol. The minimum Gasteiger partial charge on any atom is -0.466 e. The van der Waals surface area contributed by atoms with Crippen LogP contribution in [-0.2, 0) is 14.3 Å². The molecule has 0 heterocycles. The summed E-state index contributed by atoms with van der Waals surface area (Å²) in [5.74, 6) is -0.863. The number of amides is 2. The zero-order chi connectivity index (χ0) is 18.1. The maximum atomic E-state index is 12.1. The highest BCUT2D eigenvalue weighted by Gasteiger charge is 2.08. The normalized spacial score (nSPS) is 9.96. The van der Waals surface area contributed by atoms with Crippen LogP contribution in [0.4, 0.5) is 11.4 Å². The highest BCUT2D eigenvalue weighted by molar-refractivity contribution is 6.04. The lowest BCUT2D eigenvalue weighted by molar-refractivity contribution is -0.144. The maximum absolute atomic E-state index is 12.1. The van der Waals surface area contributed by atoms with E-state index in [0.717, 1.165) is 0 Å². The molecule has 6 heteroatoms. The van der Waals surface area contributed by atoms with E-state index in [2.05, 4.69) is 10.6 Å². The number of rotatable bonds is 7. The van der Waals surface area contributed by atoms with Gasteiger partial charge in [0.1, 0.15) is 0 Å². The molecule has 2 N–H and O–H groups in total. The van der Waals surface area contributed by atoms with E-state index in [0.29, 0.717) is 23.5 Å². The number of esters is 1. The van der Waals surface area contributed by atoms with E-state index in [9.17, 15) is 14.4 Å². The van der Waals surface area contributed by atoms with Crippen molar-refractivity contribution in [2.75, 3.05) is 17.2 Å². The van der Waals surface area contributed by atoms with Crippen LogP contribution in [0, 0.1) is 0 Å². The second-order valence-corrected chi connectivity index (χ2v) is 5.25. The minimum absolute atomic E-state index is 0.0465. The Balaban J connectivity index is 1.84. The molecule has 0 atom stereocenters. The van der Waals surface area contributed by atoms with Gasteiger partial charge in [0.25, 0.3) is 5.91 Å². The van der Waals surface area contributed by atoms with Crippen molar-refractivity contribution in [3.8, 4) is 0 Å². The SMILES string of the molecule is CCOC(=O)CCC(=O)Nc1ccc(NC(=O)c2ccccc2)cc1. The summed E-state index contributed by atoms with van der Waals surface area (Å²) in [6.45, 7) is 2.02. The summed E-state index contributed by atoms with van der Waals surface area (Å²) in [4.78, 5) is 35.1. The van der Waals surface area contributed by atoms with E-state index >= 15 is 0 Å². The van der Waals surface area contributed by atoms with Gasteiger partial charge in [-0.05, 0) is 43.3 Å². The first kappa shape index (κ1) is 18.2. The second-order valence-electron chi connectivity index (χ2n) is 5.25. The van der Waals surface area contributed by atoms with Crippen molar-refractivity contribution in [3.63, 3.8) is 0 Å². The molecule has 0 radical (unpaired) electrons. The Morgan fingerprint density at radius 3 is 2.04 bits per heavy atom. The lowest BCUT2D eigenvalue weighted by Crippen LogP contribution is -2.15. The largest absolute Gasteiger partial charge is 0.466 e. The third-order valence-corrected chi connectivity index (χ3v) is 3.32. The molecule has 0 unspecified atom stereocenters. The molecule has 0 aromatic heterocycles. The summed E-state index contributed by atoms with van der Waals surface area (Å²) in [6.07, 6.45) is 0.107. The molecule has 6 nitrogen and oxygen atoms in total. The monoisotopic (exact) mass is 340 g/mol. The quantitative estimate of drug-likeness (QED) is 0.758. The Hall–Kier alpha value is -3.15. The molecule has 25 heavy (non-hydrogen) atoms. The maximum Gasteiger partial charge on any atom is 0.306 e. The summed E-state index contributed by atoms with van der Waals surface area (Å²) in [5, 5.41) is 5.47. The molecule has 0 aliphatic carbocycles. The Labute approximate surface area is 146 Å². The molecule has 0 aliphatic heterocycles. The number of nitrogens with one attached hydrogen (secondary N) is 2. The van der Waals surface area contributed by atoms with Gasteiger partial charge in [0.15, 0.2) is 0 Å². The smallest absolute Gasteiger partial charge is 0.306 e. The van der Waals surface area contributed by atoms with E-state index in [1.165, 1.54) is 0 Å². The van der Waals surface area contributed by atoms with Crippen LogP contribution in [0.3, 0.4) is 0 Å². The minimum atomic E-state index is -0.392. The first-order valence-corrected chi connectivity index (χ1v) is 8.00. The van der Waals surface area contributed by atoms with Gasteiger partial charge in [-0.2, -0.15) is 0 Å². The fourth-order valence-electron chi connectivity index (χ4n) is 2.10. The summed E-state index contributed by atoms with van der Waals surface area (Å²) < 4.78 is 4.77. The molecule has 0 bridgehead atoms. The zero-order valence-electron chi connectivity index (χ0n) is 14.0. The third kappa shape index (κ3) is 6.10. The average molecular weight is 340 g/mol. The summed E-state index contributed by atoms with van der Waals surface area (Å²) >= 11 is 0. The van der Waals surface area contributed by atoms with Crippen LogP contribution in [-0.4, -0.2) is 24.4 Å². The fraction of sp³-hybridized carbons (Fsp3) is 0.211. The van der Waals surface area contributed by atoms with Gasteiger partial charge in [0.05, 0.1) is 13.0 Å². The molecule has 130 valence electrons. The molecular formula is C19H20N2O4. The van der Waals surface area contributed by atoms with Crippen LogP contribution >= 0.6 is 0 Å². The Kier molecular flexibility index (Phi) is 6.71. The molecule has 0 aliphatic rings. The van der Waals surface area contributed by atoms with Gasteiger partial charge in [-0.15, -0.1) is 0 Å². The Morgan fingerprint density at radius 1 is 0.840 bits per heavy atom. The van der Waals surface area contributed by atoms with Gasteiger partial charge in [0.2, 0.25) is 5.91 Å². The van der Waals surface area contributed by atoms with Crippen molar-refractivity contribution in [1.29, 1.82) is 0 Å². The zero-order valence-corrected chi connectivity index (χ0v) is 14.0. The fourth-order valence-corrected chi connectivity index (χ4v) is 2.10. The Morgan fingerprint density at radius 2 is 1.44 bits per heavy atom.